The summed E-state index contributed by atoms with van der Waals surface area (Å²) in [5.41, 5.74) is 0. The minimum atomic E-state index is -5.08. The Labute approximate surface area is 173 Å². The van der Waals surface area contributed by atoms with Gasteiger partial charge in [-0.3, -0.25) is 4.79 Å². The fourth-order valence-corrected chi connectivity index (χ4v) is 4.19. The molecule has 1 aliphatic rings. The van der Waals surface area contributed by atoms with Gasteiger partial charge in [-0.25, -0.2) is 13.2 Å². The molecule has 1 aromatic rings. The number of nitrogens with one attached hydrogen (secondary N) is 1. The third-order valence-corrected chi connectivity index (χ3v) is 6.05. The van der Waals surface area contributed by atoms with E-state index in [2.05, 4.69) is 5.32 Å². The van der Waals surface area contributed by atoms with Crippen LogP contribution in [0.4, 0.5) is 13.2 Å². The first-order valence-corrected chi connectivity index (χ1v) is 10.8. The predicted molar refractivity (Wildman–Crippen MR) is 103 cm³/mol. The fourth-order valence-electron chi connectivity index (χ4n) is 2.64. The number of carbonyl (C=O) groups is 2. The average molecular weight is 453 g/mol. The molecule has 1 fully saturated rings. The Kier molecular flexibility index (Phi) is 10.2. The highest BCUT2D eigenvalue weighted by Crippen LogP contribution is 2.16. The van der Waals surface area contributed by atoms with Crippen molar-refractivity contribution < 1.29 is 36.3 Å². The minimum absolute atomic E-state index is 0.0239. The Morgan fingerprint density at radius 1 is 1.13 bits per heavy atom. The fraction of sp³-hybridized carbons (Fsp3) is 0.556. The van der Waals surface area contributed by atoms with E-state index in [9.17, 15) is 26.4 Å². The second kappa shape index (κ2) is 11.9. The number of aliphatic carboxylic acids is 1. The quantitative estimate of drug-likeness (QED) is 0.649. The Balaban J connectivity index is 0.000000553. The van der Waals surface area contributed by atoms with Crippen molar-refractivity contribution in [2.45, 2.75) is 30.8 Å². The maximum atomic E-state index is 12.7. The first-order chi connectivity index (χ1) is 14.0. The number of amides is 1. The first-order valence-electron chi connectivity index (χ1n) is 9.34. The molecule has 0 saturated carbocycles. The monoisotopic (exact) mass is 453 g/mol. The topological polar surface area (TPSA) is 107 Å². The van der Waals surface area contributed by atoms with E-state index in [0.29, 0.717) is 26.1 Å². The zero-order valence-corrected chi connectivity index (χ0v) is 17.4. The molecule has 0 aromatic heterocycles. The van der Waals surface area contributed by atoms with Crippen LogP contribution in [0.1, 0.15) is 19.8 Å². The van der Waals surface area contributed by atoms with Crippen LogP contribution >= 0.6 is 0 Å². The number of sulfonamides is 1. The van der Waals surface area contributed by atoms with Gasteiger partial charge in [0.15, 0.2) is 0 Å². The van der Waals surface area contributed by atoms with Gasteiger partial charge in [-0.2, -0.15) is 17.5 Å². The van der Waals surface area contributed by atoms with E-state index in [-0.39, 0.29) is 23.8 Å². The number of halogens is 3. The van der Waals surface area contributed by atoms with Gasteiger partial charge in [-0.1, -0.05) is 25.1 Å². The van der Waals surface area contributed by atoms with E-state index in [4.69, 9.17) is 9.90 Å². The van der Waals surface area contributed by atoms with Crippen LogP contribution in [0.2, 0.25) is 0 Å². The molecule has 1 aromatic carbocycles. The van der Waals surface area contributed by atoms with Crippen molar-refractivity contribution in [3.8, 4) is 0 Å². The maximum Gasteiger partial charge on any atom is 0.490 e. The zero-order chi connectivity index (χ0) is 22.8. The van der Waals surface area contributed by atoms with Crippen molar-refractivity contribution in [2.75, 3.05) is 39.3 Å². The molecule has 170 valence electrons. The lowest BCUT2D eigenvalue weighted by Crippen LogP contribution is -2.47. The molecule has 8 nitrogen and oxygen atoms in total. The van der Waals surface area contributed by atoms with Crippen molar-refractivity contribution in [3.63, 3.8) is 0 Å². The van der Waals surface area contributed by atoms with Gasteiger partial charge in [0.2, 0.25) is 15.9 Å². The lowest BCUT2D eigenvalue weighted by Gasteiger charge is -2.28. The molecule has 2 N–H and O–H groups in total. The second-order valence-corrected chi connectivity index (χ2v) is 8.34. The van der Waals surface area contributed by atoms with Crippen molar-refractivity contribution in [3.05, 3.63) is 30.3 Å². The summed E-state index contributed by atoms with van der Waals surface area (Å²) >= 11 is 0. The largest absolute Gasteiger partial charge is 0.490 e. The summed E-state index contributed by atoms with van der Waals surface area (Å²) in [6.07, 6.45) is -4.14. The molecule has 0 radical (unpaired) electrons. The smallest absolute Gasteiger partial charge is 0.475 e. The second-order valence-electron chi connectivity index (χ2n) is 6.40. The Bertz CT molecular complexity index is 782. The lowest BCUT2D eigenvalue weighted by atomic mass is 10.3. The van der Waals surface area contributed by atoms with Gasteiger partial charge >= 0.3 is 12.1 Å². The minimum Gasteiger partial charge on any atom is -0.475 e. The number of piperazine rings is 1. The highest BCUT2D eigenvalue weighted by molar-refractivity contribution is 7.89. The number of carboxylic acids is 1. The molecule has 0 spiro atoms. The summed E-state index contributed by atoms with van der Waals surface area (Å²) in [7, 11) is -3.54. The summed E-state index contributed by atoms with van der Waals surface area (Å²) in [6.45, 7) is 5.57. The van der Waals surface area contributed by atoms with Gasteiger partial charge in [0.05, 0.1) is 4.90 Å². The molecule has 0 aliphatic carbocycles. The average Bonchev–Trinajstić information content (AvgIpc) is 2.71. The number of hydrogen-bond acceptors (Lipinski definition) is 5. The molecule has 1 aliphatic heterocycles. The van der Waals surface area contributed by atoms with Crippen molar-refractivity contribution in [1.82, 2.24) is 14.5 Å². The summed E-state index contributed by atoms with van der Waals surface area (Å²) in [5.74, 6) is -2.73. The number of rotatable bonds is 7. The van der Waals surface area contributed by atoms with Crippen LogP contribution in [0.15, 0.2) is 35.2 Å². The summed E-state index contributed by atoms with van der Waals surface area (Å²) in [6, 6.07) is 8.40. The number of benzene rings is 1. The van der Waals surface area contributed by atoms with Crippen LogP contribution in [0, 0.1) is 0 Å². The van der Waals surface area contributed by atoms with Gasteiger partial charge < -0.3 is 15.3 Å². The van der Waals surface area contributed by atoms with Crippen LogP contribution in [0.3, 0.4) is 0 Å². The Morgan fingerprint density at radius 3 is 2.13 bits per heavy atom. The molecule has 1 saturated heterocycles. The number of carbonyl (C=O) groups excluding carboxylic acids is 1. The van der Waals surface area contributed by atoms with Crippen molar-refractivity contribution in [1.29, 1.82) is 0 Å². The molecular weight excluding hydrogens is 427 g/mol. The summed E-state index contributed by atoms with van der Waals surface area (Å²) in [4.78, 5) is 23.2. The van der Waals surface area contributed by atoms with Crippen LogP contribution in [-0.2, 0) is 19.6 Å². The van der Waals surface area contributed by atoms with E-state index < -0.39 is 22.2 Å². The van der Waals surface area contributed by atoms with Gasteiger partial charge in [0.25, 0.3) is 0 Å². The van der Waals surface area contributed by atoms with E-state index in [0.717, 1.165) is 13.1 Å². The van der Waals surface area contributed by atoms with E-state index in [1.54, 1.807) is 35.2 Å². The Hall–Kier alpha value is -2.18. The number of hydrogen-bond donors (Lipinski definition) is 2. The van der Waals surface area contributed by atoms with Crippen LogP contribution in [0.5, 0.6) is 0 Å². The van der Waals surface area contributed by atoms with Crippen molar-refractivity contribution in [2.24, 2.45) is 0 Å². The number of nitrogens with zero attached hydrogens (tertiary/aromatic N) is 2. The highest BCUT2D eigenvalue weighted by Gasteiger charge is 2.38. The van der Waals surface area contributed by atoms with Gasteiger partial charge in [-0.05, 0) is 18.6 Å². The van der Waals surface area contributed by atoms with Crippen LogP contribution in [-0.4, -0.2) is 80.1 Å². The molecule has 1 heterocycles. The lowest BCUT2D eigenvalue weighted by molar-refractivity contribution is -0.192. The van der Waals surface area contributed by atoms with E-state index in [1.807, 2.05) is 6.92 Å². The van der Waals surface area contributed by atoms with Gasteiger partial charge in [0.1, 0.15) is 0 Å². The van der Waals surface area contributed by atoms with Crippen LogP contribution in [0.25, 0.3) is 0 Å². The molecule has 0 atom stereocenters. The first kappa shape index (κ1) is 25.9. The van der Waals surface area contributed by atoms with Gasteiger partial charge in [-0.15, -0.1) is 0 Å². The summed E-state index contributed by atoms with van der Waals surface area (Å²) in [5, 5.41) is 10.3. The van der Waals surface area contributed by atoms with Crippen LogP contribution < -0.4 is 5.32 Å². The van der Waals surface area contributed by atoms with Crippen molar-refractivity contribution >= 4 is 21.9 Å². The number of carboxylic acid groups (broad SMARTS) is 1. The molecular formula is C18H26F3N3O5S. The molecule has 1 amide bonds. The van der Waals surface area contributed by atoms with E-state index in [1.165, 1.54) is 4.31 Å². The molecule has 0 unspecified atom stereocenters. The molecule has 0 bridgehead atoms. The van der Waals surface area contributed by atoms with E-state index >= 15 is 0 Å². The standard InChI is InChI=1S/C16H25N3O3S.C2HF3O2/c1-2-11-19(23(21,22)15-6-4-3-5-7-15)12-8-16(20)18-13-9-17-10-14-18;3-2(4,5)1(6)7/h3-7,17H,2,8-14H2,1H3;(H,6,7). The third kappa shape index (κ3) is 8.28. The Morgan fingerprint density at radius 2 is 1.67 bits per heavy atom. The molecule has 2 rings (SSSR count). The highest BCUT2D eigenvalue weighted by atomic mass is 32.2. The third-order valence-electron chi connectivity index (χ3n) is 4.14. The molecule has 12 heteroatoms. The normalized spacial score (nSPS) is 14.8. The maximum absolute atomic E-state index is 12.7. The number of alkyl halides is 3. The summed E-state index contributed by atoms with van der Waals surface area (Å²) < 4.78 is 58.6. The zero-order valence-electron chi connectivity index (χ0n) is 16.6. The molecule has 30 heavy (non-hydrogen) atoms. The SMILES string of the molecule is CCCN(CCC(=O)N1CCNCC1)S(=O)(=O)c1ccccc1.O=C(O)C(F)(F)F. The van der Waals surface area contributed by atoms with Gasteiger partial charge in [0, 0.05) is 45.7 Å². The predicted octanol–water partition coefficient (Wildman–Crippen LogP) is 1.54.